The predicted molar refractivity (Wildman–Crippen MR) is 134 cm³/mol. The number of benzene rings is 2. The van der Waals surface area contributed by atoms with Gasteiger partial charge in [-0.15, -0.1) is 0 Å². The summed E-state index contributed by atoms with van der Waals surface area (Å²) in [5.41, 5.74) is 1.74. The van der Waals surface area contributed by atoms with E-state index in [1.165, 1.54) is 0 Å². The van der Waals surface area contributed by atoms with Crippen molar-refractivity contribution in [3.63, 3.8) is 0 Å². The van der Waals surface area contributed by atoms with E-state index in [9.17, 15) is 13.2 Å². The quantitative estimate of drug-likeness (QED) is 0.589. The lowest BCUT2D eigenvalue weighted by Crippen LogP contribution is -2.48. The van der Waals surface area contributed by atoms with Crippen molar-refractivity contribution in [2.24, 2.45) is 5.92 Å². The number of piperidine rings is 1. The third kappa shape index (κ3) is 5.45. The largest absolute Gasteiger partial charge is 0.495 e. The van der Waals surface area contributed by atoms with Gasteiger partial charge in [-0.1, -0.05) is 37.3 Å². The molecule has 2 aliphatic heterocycles. The number of rotatable bonds is 6. The molecular formula is C26H33N3O4S. The zero-order valence-corrected chi connectivity index (χ0v) is 20.7. The fourth-order valence-corrected chi connectivity index (χ4v) is 6.21. The molecule has 0 aromatic heterocycles. The van der Waals surface area contributed by atoms with E-state index in [4.69, 9.17) is 4.74 Å². The highest BCUT2D eigenvalue weighted by Gasteiger charge is 2.30. The van der Waals surface area contributed by atoms with E-state index in [0.29, 0.717) is 55.8 Å². The predicted octanol–water partition coefficient (Wildman–Crippen LogP) is 3.48. The highest BCUT2D eigenvalue weighted by Crippen LogP contribution is 2.33. The maximum absolute atomic E-state index is 13.3. The standard InChI is InChI=1S/C26H33N3O4S/c1-21-7-6-14-29(20-21)34(31,32)23-11-12-25(33-2)24(19-23)27-15-17-28(18-16-27)26(30)13-10-22-8-4-3-5-9-22/h3-5,8-13,19,21H,6-7,14-18,20H2,1-2H3/b13-10+. The number of sulfonamides is 1. The molecular weight excluding hydrogens is 450 g/mol. The molecule has 1 amide bonds. The Morgan fingerprint density at radius 2 is 1.76 bits per heavy atom. The van der Waals surface area contributed by atoms with Gasteiger partial charge in [-0.2, -0.15) is 4.31 Å². The second kappa shape index (κ2) is 10.6. The summed E-state index contributed by atoms with van der Waals surface area (Å²) in [6.45, 7) is 5.53. The number of piperazine rings is 1. The van der Waals surface area contributed by atoms with Crippen molar-refractivity contribution in [1.29, 1.82) is 0 Å². The zero-order valence-electron chi connectivity index (χ0n) is 19.9. The van der Waals surface area contributed by atoms with Crippen LogP contribution in [0.1, 0.15) is 25.3 Å². The van der Waals surface area contributed by atoms with Gasteiger partial charge in [0, 0.05) is 45.3 Å². The van der Waals surface area contributed by atoms with Crippen LogP contribution in [-0.4, -0.2) is 69.9 Å². The fraction of sp³-hybridized carbons (Fsp3) is 0.423. The summed E-state index contributed by atoms with van der Waals surface area (Å²) in [6.07, 6.45) is 5.38. The van der Waals surface area contributed by atoms with Crippen LogP contribution in [0.25, 0.3) is 6.08 Å². The molecule has 7 nitrogen and oxygen atoms in total. The van der Waals surface area contributed by atoms with Crippen LogP contribution in [0.4, 0.5) is 5.69 Å². The van der Waals surface area contributed by atoms with E-state index < -0.39 is 10.0 Å². The maximum atomic E-state index is 13.3. The first-order valence-electron chi connectivity index (χ1n) is 11.8. The topological polar surface area (TPSA) is 70.2 Å². The van der Waals surface area contributed by atoms with E-state index in [2.05, 4.69) is 11.8 Å². The summed E-state index contributed by atoms with van der Waals surface area (Å²) in [7, 11) is -1.97. The van der Waals surface area contributed by atoms with E-state index in [1.807, 2.05) is 41.3 Å². The van der Waals surface area contributed by atoms with Crippen molar-refractivity contribution in [3.8, 4) is 5.75 Å². The Kier molecular flexibility index (Phi) is 7.58. The molecule has 2 saturated heterocycles. The molecule has 1 unspecified atom stereocenters. The van der Waals surface area contributed by atoms with Gasteiger partial charge in [0.2, 0.25) is 15.9 Å². The van der Waals surface area contributed by atoms with Gasteiger partial charge < -0.3 is 14.5 Å². The van der Waals surface area contributed by atoms with Gasteiger partial charge in [0.25, 0.3) is 0 Å². The summed E-state index contributed by atoms with van der Waals surface area (Å²) in [6, 6.07) is 14.8. The second-order valence-electron chi connectivity index (χ2n) is 9.00. The Hall–Kier alpha value is -2.84. The van der Waals surface area contributed by atoms with Crippen LogP contribution >= 0.6 is 0 Å². The summed E-state index contributed by atoms with van der Waals surface area (Å²) < 4.78 is 33.8. The van der Waals surface area contributed by atoms with Crippen LogP contribution < -0.4 is 9.64 Å². The normalized spacial score (nSPS) is 20.0. The number of ether oxygens (including phenoxy) is 1. The third-order valence-electron chi connectivity index (χ3n) is 6.56. The van der Waals surface area contributed by atoms with Crippen LogP contribution in [0.15, 0.2) is 59.5 Å². The molecule has 0 spiro atoms. The number of methoxy groups -OCH3 is 1. The fourth-order valence-electron chi connectivity index (χ4n) is 4.60. The van der Waals surface area contributed by atoms with E-state index in [1.54, 1.807) is 35.7 Å². The van der Waals surface area contributed by atoms with E-state index in [-0.39, 0.29) is 5.91 Å². The Labute approximate surface area is 202 Å². The average Bonchev–Trinajstić information content (AvgIpc) is 2.87. The van der Waals surface area contributed by atoms with E-state index >= 15 is 0 Å². The molecule has 0 bridgehead atoms. The second-order valence-corrected chi connectivity index (χ2v) is 10.9. The van der Waals surface area contributed by atoms with Crippen molar-refractivity contribution < 1.29 is 17.9 Å². The Morgan fingerprint density at radius 1 is 1.03 bits per heavy atom. The summed E-state index contributed by atoms with van der Waals surface area (Å²) in [5, 5.41) is 0. The monoisotopic (exact) mass is 483 g/mol. The van der Waals surface area contributed by atoms with Gasteiger partial charge >= 0.3 is 0 Å². The van der Waals surface area contributed by atoms with Crippen molar-refractivity contribution >= 4 is 27.7 Å². The molecule has 2 heterocycles. The van der Waals surface area contributed by atoms with Crippen LogP contribution in [-0.2, 0) is 14.8 Å². The van der Waals surface area contributed by atoms with Gasteiger partial charge in [-0.05, 0) is 48.6 Å². The van der Waals surface area contributed by atoms with Crippen molar-refractivity contribution in [2.75, 3.05) is 51.3 Å². The zero-order chi connectivity index (χ0) is 24.1. The van der Waals surface area contributed by atoms with Crippen LogP contribution in [0.2, 0.25) is 0 Å². The minimum Gasteiger partial charge on any atom is -0.495 e. The number of carbonyl (C=O) groups excluding carboxylic acids is 1. The summed E-state index contributed by atoms with van der Waals surface area (Å²) in [4.78, 5) is 16.8. The number of carbonyl (C=O) groups is 1. The van der Waals surface area contributed by atoms with Gasteiger partial charge in [-0.25, -0.2) is 8.42 Å². The molecule has 8 heteroatoms. The molecule has 2 aromatic rings. The van der Waals surface area contributed by atoms with Crippen molar-refractivity contribution in [3.05, 3.63) is 60.2 Å². The lowest BCUT2D eigenvalue weighted by atomic mass is 10.0. The molecule has 2 fully saturated rings. The Morgan fingerprint density at radius 3 is 2.44 bits per heavy atom. The molecule has 0 aliphatic carbocycles. The molecule has 2 aliphatic rings. The maximum Gasteiger partial charge on any atom is 0.246 e. The third-order valence-corrected chi connectivity index (χ3v) is 8.42. The minimum absolute atomic E-state index is 0.0222. The molecule has 182 valence electrons. The van der Waals surface area contributed by atoms with E-state index in [0.717, 1.165) is 24.1 Å². The molecule has 4 rings (SSSR count). The van der Waals surface area contributed by atoms with Crippen molar-refractivity contribution in [2.45, 2.75) is 24.7 Å². The van der Waals surface area contributed by atoms with Gasteiger partial charge in [0.15, 0.2) is 0 Å². The minimum atomic E-state index is -3.56. The number of nitrogens with zero attached hydrogens (tertiary/aromatic N) is 3. The summed E-state index contributed by atoms with van der Waals surface area (Å²) in [5.74, 6) is 0.975. The van der Waals surface area contributed by atoms with Crippen LogP contribution in [0.5, 0.6) is 5.75 Å². The first kappa shape index (κ1) is 24.3. The Bertz CT molecular complexity index is 1130. The summed E-state index contributed by atoms with van der Waals surface area (Å²) >= 11 is 0. The lowest BCUT2D eigenvalue weighted by Gasteiger charge is -2.36. The molecule has 0 radical (unpaired) electrons. The molecule has 1 atom stereocenters. The molecule has 2 aromatic carbocycles. The molecule has 34 heavy (non-hydrogen) atoms. The highest BCUT2D eigenvalue weighted by molar-refractivity contribution is 7.89. The average molecular weight is 484 g/mol. The number of amides is 1. The van der Waals surface area contributed by atoms with Gasteiger partial charge in [-0.3, -0.25) is 4.79 Å². The molecule has 0 saturated carbocycles. The van der Waals surface area contributed by atoms with Crippen molar-refractivity contribution in [1.82, 2.24) is 9.21 Å². The number of hydrogen-bond donors (Lipinski definition) is 0. The number of anilines is 1. The van der Waals surface area contributed by atoms with Gasteiger partial charge in [0.1, 0.15) is 5.75 Å². The smallest absolute Gasteiger partial charge is 0.246 e. The van der Waals surface area contributed by atoms with Crippen LogP contribution in [0, 0.1) is 5.92 Å². The van der Waals surface area contributed by atoms with Gasteiger partial charge in [0.05, 0.1) is 17.7 Å². The highest BCUT2D eigenvalue weighted by atomic mass is 32.2. The lowest BCUT2D eigenvalue weighted by molar-refractivity contribution is -0.126. The molecule has 0 N–H and O–H groups in total. The number of hydrogen-bond acceptors (Lipinski definition) is 5. The first-order valence-corrected chi connectivity index (χ1v) is 13.3. The Balaban J connectivity index is 1.46. The first-order chi connectivity index (χ1) is 16.4. The van der Waals surface area contributed by atoms with Crippen LogP contribution in [0.3, 0.4) is 0 Å². The SMILES string of the molecule is COc1ccc(S(=O)(=O)N2CCCC(C)C2)cc1N1CCN(C(=O)/C=C/c2ccccc2)CC1.